The van der Waals surface area contributed by atoms with Crippen molar-refractivity contribution in [3.63, 3.8) is 0 Å². The molecule has 2 unspecified atom stereocenters. The van der Waals surface area contributed by atoms with Crippen molar-refractivity contribution in [2.75, 3.05) is 0 Å². The molecule has 1 heterocycles. The molecule has 5 nitrogen and oxygen atoms in total. The van der Waals surface area contributed by atoms with Gasteiger partial charge < -0.3 is 10.2 Å². The summed E-state index contributed by atoms with van der Waals surface area (Å²) < 4.78 is 2.47. The highest BCUT2D eigenvalue weighted by Gasteiger charge is 2.16. The third kappa shape index (κ3) is 3.64. The van der Waals surface area contributed by atoms with E-state index in [2.05, 4.69) is 0 Å². The number of rotatable bonds is 6. The fourth-order valence-electron chi connectivity index (χ4n) is 2.70. The zero-order chi connectivity index (χ0) is 16.9. The highest BCUT2D eigenvalue weighted by molar-refractivity contribution is 5.16. The van der Waals surface area contributed by atoms with Crippen LogP contribution in [0.4, 0.5) is 0 Å². The number of nitrogens with zero attached hydrogens (tertiary/aromatic N) is 2. The molecule has 0 radical (unpaired) electrons. The van der Waals surface area contributed by atoms with Gasteiger partial charge >= 0.3 is 5.69 Å². The van der Waals surface area contributed by atoms with Crippen molar-refractivity contribution in [2.45, 2.75) is 25.3 Å². The number of imidazole rings is 1. The maximum Gasteiger partial charge on any atom is 0.332 e. The summed E-state index contributed by atoms with van der Waals surface area (Å²) in [4.78, 5) is 12.4. The Morgan fingerprint density at radius 3 is 1.46 bits per heavy atom. The molecule has 24 heavy (non-hydrogen) atoms. The third-order valence-electron chi connectivity index (χ3n) is 3.99. The normalized spacial score (nSPS) is 13.6. The highest BCUT2D eigenvalue weighted by Crippen LogP contribution is 2.13. The van der Waals surface area contributed by atoms with Crippen molar-refractivity contribution in [1.29, 1.82) is 0 Å². The van der Waals surface area contributed by atoms with Crippen molar-refractivity contribution >= 4 is 0 Å². The first-order chi connectivity index (χ1) is 11.6. The Bertz CT molecular complexity index is 757. The second-order valence-corrected chi connectivity index (χ2v) is 5.74. The number of aliphatic hydroxyl groups is 2. The molecule has 0 saturated carbocycles. The quantitative estimate of drug-likeness (QED) is 0.730. The van der Waals surface area contributed by atoms with E-state index >= 15 is 0 Å². The van der Waals surface area contributed by atoms with E-state index in [9.17, 15) is 15.0 Å². The van der Waals surface area contributed by atoms with Crippen LogP contribution in [0.2, 0.25) is 0 Å². The summed E-state index contributed by atoms with van der Waals surface area (Å²) >= 11 is 0. The van der Waals surface area contributed by atoms with Gasteiger partial charge in [0.25, 0.3) is 0 Å². The van der Waals surface area contributed by atoms with Crippen LogP contribution in [0.25, 0.3) is 0 Å². The van der Waals surface area contributed by atoms with Crippen molar-refractivity contribution in [3.8, 4) is 0 Å². The van der Waals surface area contributed by atoms with Gasteiger partial charge in [0.2, 0.25) is 0 Å². The summed E-state index contributed by atoms with van der Waals surface area (Å²) in [5.41, 5.74) is 1.45. The average molecular weight is 324 g/mol. The van der Waals surface area contributed by atoms with Crippen LogP contribution in [-0.4, -0.2) is 19.3 Å². The summed E-state index contributed by atoms with van der Waals surface area (Å²) in [6, 6.07) is 18.9. The number of hydrogen-bond acceptors (Lipinski definition) is 3. The molecule has 5 heteroatoms. The van der Waals surface area contributed by atoms with Gasteiger partial charge in [0.15, 0.2) is 0 Å². The molecule has 0 fully saturated rings. The molecular formula is C19H20N2O3. The zero-order valence-electron chi connectivity index (χ0n) is 13.2. The lowest BCUT2D eigenvalue weighted by molar-refractivity contribution is 0.0834. The smallest absolute Gasteiger partial charge is 0.332 e. The van der Waals surface area contributed by atoms with Gasteiger partial charge in [0.1, 0.15) is 12.5 Å². The van der Waals surface area contributed by atoms with Crippen molar-refractivity contribution in [3.05, 3.63) is 94.7 Å². The summed E-state index contributed by atoms with van der Waals surface area (Å²) in [7, 11) is 0. The minimum atomic E-state index is -0.968. The fourth-order valence-corrected chi connectivity index (χ4v) is 2.70. The summed E-state index contributed by atoms with van der Waals surface area (Å²) in [6.45, 7) is 0. The molecule has 2 atom stereocenters. The number of hydrogen-bond donors (Lipinski definition) is 2. The SMILES string of the molecule is O=c1n(C(O)Cc2ccccc2)ccn1C(O)Cc1ccccc1. The Morgan fingerprint density at radius 1 is 0.708 bits per heavy atom. The monoisotopic (exact) mass is 324 g/mol. The number of aromatic nitrogens is 2. The van der Waals surface area contributed by atoms with Gasteiger partial charge in [-0.3, -0.25) is 9.13 Å². The van der Waals surface area contributed by atoms with Crippen molar-refractivity contribution in [2.24, 2.45) is 0 Å². The maximum absolute atomic E-state index is 12.4. The lowest BCUT2D eigenvalue weighted by Crippen LogP contribution is -2.31. The average Bonchev–Trinajstić information content (AvgIpc) is 2.98. The Balaban J connectivity index is 1.74. The van der Waals surface area contributed by atoms with Crippen LogP contribution in [0.3, 0.4) is 0 Å². The van der Waals surface area contributed by atoms with Crippen LogP contribution >= 0.6 is 0 Å². The lowest BCUT2D eigenvalue weighted by Gasteiger charge is -2.13. The molecule has 124 valence electrons. The highest BCUT2D eigenvalue weighted by atomic mass is 16.3. The van der Waals surface area contributed by atoms with E-state index in [1.54, 1.807) is 0 Å². The van der Waals surface area contributed by atoms with Gasteiger partial charge in [-0.1, -0.05) is 60.7 Å². The third-order valence-corrected chi connectivity index (χ3v) is 3.99. The fraction of sp³-hybridized carbons (Fsp3) is 0.211. The molecule has 0 saturated heterocycles. The van der Waals surface area contributed by atoms with E-state index < -0.39 is 18.1 Å². The van der Waals surface area contributed by atoms with Crippen LogP contribution in [-0.2, 0) is 12.8 Å². The standard InChI is InChI=1S/C19H20N2O3/c22-17(13-15-7-3-1-4-8-15)20-11-12-21(19(20)24)18(23)14-16-9-5-2-6-10-16/h1-12,17-18,22-23H,13-14H2. The first kappa shape index (κ1) is 16.2. The van der Waals surface area contributed by atoms with E-state index in [4.69, 9.17) is 0 Å². The Labute approximate surface area is 140 Å². The van der Waals surface area contributed by atoms with Gasteiger partial charge in [-0.2, -0.15) is 0 Å². The van der Waals surface area contributed by atoms with E-state index in [1.165, 1.54) is 21.5 Å². The Kier molecular flexibility index (Phi) is 4.93. The van der Waals surface area contributed by atoms with Gasteiger partial charge in [-0.25, -0.2) is 4.79 Å². The predicted molar refractivity (Wildman–Crippen MR) is 91.5 cm³/mol. The van der Waals surface area contributed by atoms with Gasteiger partial charge in [-0.15, -0.1) is 0 Å². The second-order valence-electron chi connectivity index (χ2n) is 5.74. The van der Waals surface area contributed by atoms with E-state index in [0.29, 0.717) is 12.8 Å². The molecule has 3 rings (SSSR count). The van der Waals surface area contributed by atoms with E-state index in [1.807, 2.05) is 60.7 Å². The molecule has 1 aromatic heterocycles. The summed E-state index contributed by atoms with van der Waals surface area (Å²) in [5.74, 6) is 0. The van der Waals surface area contributed by atoms with Gasteiger partial charge in [0.05, 0.1) is 0 Å². The second kappa shape index (κ2) is 7.29. The summed E-state index contributed by atoms with van der Waals surface area (Å²) in [5, 5.41) is 20.6. The van der Waals surface area contributed by atoms with Gasteiger partial charge in [-0.05, 0) is 11.1 Å². The van der Waals surface area contributed by atoms with Crippen LogP contribution in [0, 0.1) is 0 Å². The van der Waals surface area contributed by atoms with Crippen molar-refractivity contribution in [1.82, 2.24) is 9.13 Å². The van der Waals surface area contributed by atoms with Crippen molar-refractivity contribution < 1.29 is 10.2 Å². The molecule has 2 N–H and O–H groups in total. The molecule has 2 aromatic carbocycles. The first-order valence-corrected chi connectivity index (χ1v) is 7.88. The number of benzene rings is 2. The Morgan fingerprint density at radius 2 is 1.08 bits per heavy atom. The molecule has 0 aliphatic carbocycles. The van der Waals surface area contributed by atoms with E-state index in [0.717, 1.165) is 11.1 Å². The van der Waals surface area contributed by atoms with E-state index in [-0.39, 0.29) is 0 Å². The van der Waals surface area contributed by atoms with Crippen LogP contribution in [0.15, 0.2) is 77.9 Å². The topological polar surface area (TPSA) is 67.4 Å². The summed E-state index contributed by atoms with van der Waals surface area (Å²) in [6.07, 6.45) is 1.74. The van der Waals surface area contributed by atoms with Crippen LogP contribution < -0.4 is 5.69 Å². The molecule has 0 bridgehead atoms. The molecule has 0 spiro atoms. The largest absolute Gasteiger partial charge is 0.373 e. The lowest BCUT2D eigenvalue weighted by atomic mass is 10.1. The molecular weight excluding hydrogens is 304 g/mol. The predicted octanol–water partition coefficient (Wildman–Crippen LogP) is 2.12. The zero-order valence-corrected chi connectivity index (χ0v) is 13.2. The van der Waals surface area contributed by atoms with Gasteiger partial charge in [0, 0.05) is 25.2 Å². The molecule has 0 aliphatic heterocycles. The minimum Gasteiger partial charge on any atom is -0.373 e. The molecule has 3 aromatic rings. The van der Waals surface area contributed by atoms with Crippen LogP contribution in [0.1, 0.15) is 23.6 Å². The molecule has 0 amide bonds. The minimum absolute atomic E-state index is 0.333. The number of aliphatic hydroxyl groups excluding tert-OH is 2. The van der Waals surface area contributed by atoms with Crippen LogP contribution in [0.5, 0.6) is 0 Å². The molecule has 0 aliphatic rings. The maximum atomic E-state index is 12.4. The first-order valence-electron chi connectivity index (χ1n) is 7.88. The Hall–Kier alpha value is -2.63.